The molecule has 0 fully saturated rings. The lowest BCUT2D eigenvalue weighted by atomic mass is 10.0. The highest BCUT2D eigenvalue weighted by Gasteiger charge is 2.19. The molecule has 0 amide bonds. The van der Waals surface area contributed by atoms with E-state index in [-0.39, 0.29) is 44.0 Å². The average Bonchev–Trinajstić information content (AvgIpc) is 3.37. The van der Waals surface area contributed by atoms with Crippen LogP contribution in [0.3, 0.4) is 0 Å². The Hall–Kier alpha value is -3.93. The number of hydrogen-bond donors (Lipinski definition) is 0. The molecule has 0 aromatic heterocycles. The van der Waals surface area contributed by atoms with Gasteiger partial charge in [0.1, 0.15) is 13.2 Å². The van der Waals surface area contributed by atoms with Crippen molar-refractivity contribution in [1.29, 1.82) is 0 Å². The van der Waals surface area contributed by atoms with E-state index in [2.05, 4.69) is 130 Å². The first kappa shape index (κ1) is 67.1. The van der Waals surface area contributed by atoms with Crippen LogP contribution in [-0.4, -0.2) is 37.2 Å². The van der Waals surface area contributed by atoms with Crippen molar-refractivity contribution >= 4 is 17.9 Å². The molecule has 0 saturated carbocycles. The van der Waals surface area contributed by atoms with Crippen molar-refractivity contribution in [3.05, 3.63) is 109 Å². The minimum absolute atomic E-state index is 0.108. The minimum Gasteiger partial charge on any atom is -0.462 e. The SMILES string of the molecule is CC/C=C\C/C=C\C/C=C\C/C=C\C/C=C\CCCC(=O)OC[C@H](COC(=O)CCCCCCCCCCCCCCCCCCC)OC(=O)CCCCC/C=C\C/C=C\C/C=C\C/C=C\CCCCC. The van der Waals surface area contributed by atoms with Gasteiger partial charge in [0.15, 0.2) is 6.10 Å². The molecule has 1 atom stereocenters. The molecule has 0 aromatic carbocycles. The monoisotopic (exact) mass is 985 g/mol. The zero-order chi connectivity index (χ0) is 51.4. The number of carbonyl (C=O) groups is 3. The molecule has 0 spiro atoms. The van der Waals surface area contributed by atoms with Crippen LogP contribution in [0.2, 0.25) is 0 Å². The average molecular weight is 986 g/mol. The Morgan fingerprint density at radius 2 is 0.563 bits per heavy atom. The van der Waals surface area contributed by atoms with Gasteiger partial charge in [-0.15, -0.1) is 0 Å². The molecule has 0 radical (unpaired) electrons. The highest BCUT2D eigenvalue weighted by molar-refractivity contribution is 5.71. The summed E-state index contributed by atoms with van der Waals surface area (Å²) in [7, 11) is 0. The van der Waals surface area contributed by atoms with E-state index < -0.39 is 6.10 Å². The van der Waals surface area contributed by atoms with Crippen LogP contribution in [0, 0.1) is 0 Å². The zero-order valence-electron chi connectivity index (χ0n) is 46.2. The molecule has 0 saturated heterocycles. The molecule has 0 rings (SSSR count). The van der Waals surface area contributed by atoms with Crippen molar-refractivity contribution in [2.24, 2.45) is 0 Å². The summed E-state index contributed by atoms with van der Waals surface area (Å²) in [6, 6.07) is 0. The largest absolute Gasteiger partial charge is 0.462 e. The lowest BCUT2D eigenvalue weighted by Crippen LogP contribution is -2.30. The maximum Gasteiger partial charge on any atom is 0.306 e. The molecule has 404 valence electrons. The Balaban J connectivity index is 4.53. The molecule has 0 aliphatic heterocycles. The van der Waals surface area contributed by atoms with Gasteiger partial charge in [0.2, 0.25) is 0 Å². The zero-order valence-corrected chi connectivity index (χ0v) is 46.2. The summed E-state index contributed by atoms with van der Waals surface area (Å²) < 4.78 is 16.8. The molecule has 0 N–H and O–H groups in total. The van der Waals surface area contributed by atoms with Crippen LogP contribution in [0.1, 0.15) is 265 Å². The Kier molecular flexibility index (Phi) is 55.4. The van der Waals surface area contributed by atoms with Gasteiger partial charge in [-0.3, -0.25) is 14.4 Å². The van der Waals surface area contributed by atoms with Crippen LogP contribution in [0.4, 0.5) is 0 Å². The second-order valence-electron chi connectivity index (χ2n) is 19.2. The molecule has 6 heteroatoms. The summed E-state index contributed by atoms with van der Waals surface area (Å²) in [5.74, 6) is -0.997. The second-order valence-corrected chi connectivity index (χ2v) is 19.2. The van der Waals surface area contributed by atoms with Crippen molar-refractivity contribution in [2.45, 2.75) is 271 Å². The predicted octanol–water partition coefficient (Wildman–Crippen LogP) is 19.9. The van der Waals surface area contributed by atoms with Crippen LogP contribution in [-0.2, 0) is 28.6 Å². The molecule has 0 bridgehead atoms. The molecule has 0 heterocycles. The van der Waals surface area contributed by atoms with E-state index in [1.54, 1.807) is 0 Å². The van der Waals surface area contributed by atoms with Crippen molar-refractivity contribution in [2.75, 3.05) is 13.2 Å². The summed E-state index contributed by atoms with van der Waals surface area (Å²) in [6.07, 6.45) is 79.4. The number of esters is 3. The molecule has 71 heavy (non-hydrogen) atoms. The highest BCUT2D eigenvalue weighted by atomic mass is 16.6. The van der Waals surface area contributed by atoms with Gasteiger partial charge < -0.3 is 14.2 Å². The van der Waals surface area contributed by atoms with E-state index >= 15 is 0 Å². The van der Waals surface area contributed by atoms with Crippen LogP contribution in [0.25, 0.3) is 0 Å². The first-order valence-electron chi connectivity index (χ1n) is 29.4. The summed E-state index contributed by atoms with van der Waals surface area (Å²) >= 11 is 0. The summed E-state index contributed by atoms with van der Waals surface area (Å²) in [6.45, 7) is 6.44. The fourth-order valence-electron chi connectivity index (χ4n) is 7.87. The number of ether oxygens (including phenoxy) is 3. The first-order chi connectivity index (χ1) is 35.0. The Bertz CT molecular complexity index is 1460. The highest BCUT2D eigenvalue weighted by Crippen LogP contribution is 2.15. The van der Waals surface area contributed by atoms with E-state index in [0.717, 1.165) is 96.3 Å². The molecule has 6 nitrogen and oxygen atoms in total. The van der Waals surface area contributed by atoms with Gasteiger partial charge in [0.05, 0.1) is 0 Å². The van der Waals surface area contributed by atoms with Gasteiger partial charge in [-0.25, -0.2) is 0 Å². The Morgan fingerprint density at radius 1 is 0.296 bits per heavy atom. The molecule has 0 aliphatic rings. The van der Waals surface area contributed by atoms with Crippen LogP contribution < -0.4 is 0 Å². The fourth-order valence-corrected chi connectivity index (χ4v) is 7.87. The van der Waals surface area contributed by atoms with E-state index in [0.29, 0.717) is 19.3 Å². The topological polar surface area (TPSA) is 78.9 Å². The summed E-state index contributed by atoms with van der Waals surface area (Å²) in [5.41, 5.74) is 0. The maximum atomic E-state index is 12.9. The third kappa shape index (κ3) is 56.9. The van der Waals surface area contributed by atoms with Crippen LogP contribution in [0.15, 0.2) is 109 Å². The van der Waals surface area contributed by atoms with Gasteiger partial charge in [0, 0.05) is 19.3 Å². The predicted molar refractivity (Wildman–Crippen MR) is 307 cm³/mol. The van der Waals surface area contributed by atoms with Crippen molar-refractivity contribution in [3.63, 3.8) is 0 Å². The number of unbranched alkanes of at least 4 members (excludes halogenated alkanes) is 23. The van der Waals surface area contributed by atoms with Gasteiger partial charge in [-0.1, -0.05) is 252 Å². The third-order valence-corrected chi connectivity index (χ3v) is 12.3. The number of rotatable bonds is 52. The fraction of sp³-hybridized carbons (Fsp3) is 0.677. The van der Waals surface area contributed by atoms with Crippen LogP contribution >= 0.6 is 0 Å². The van der Waals surface area contributed by atoms with E-state index in [4.69, 9.17) is 14.2 Å². The van der Waals surface area contributed by atoms with E-state index in [9.17, 15) is 14.4 Å². The Morgan fingerprint density at radius 3 is 0.944 bits per heavy atom. The van der Waals surface area contributed by atoms with Gasteiger partial charge in [0.25, 0.3) is 0 Å². The standard InChI is InChI=1S/C65H108O6/c1-4-7-10-13-16-19-22-25-28-31-32-35-38-41-44-47-50-53-56-59-65(68)71-62(60-69-63(66)57-54-51-48-45-42-39-36-33-29-26-23-20-17-14-11-8-5-2)61-70-64(67)58-55-52-49-46-43-40-37-34-30-27-24-21-18-15-12-9-6-3/h8,11,16-17,19-20,25-26,28-29,32,35-36,39,41,44-45,48,62H,4-7,9-10,12-15,18,21-24,27,30-31,33-34,37-38,40,42-43,46-47,49-61H2,1-3H3/b11-8-,19-16-,20-17-,28-25-,29-26-,35-32-,39-36-,44-41-,48-45-/t62-/m1/s1. The number of carbonyl (C=O) groups excluding carboxylic acids is 3. The normalized spacial score (nSPS) is 12.9. The smallest absolute Gasteiger partial charge is 0.306 e. The molecule has 0 unspecified atom stereocenters. The number of hydrogen-bond acceptors (Lipinski definition) is 6. The van der Waals surface area contributed by atoms with Crippen molar-refractivity contribution < 1.29 is 28.6 Å². The van der Waals surface area contributed by atoms with Crippen LogP contribution in [0.5, 0.6) is 0 Å². The lowest BCUT2D eigenvalue weighted by molar-refractivity contribution is -0.167. The minimum atomic E-state index is -0.819. The van der Waals surface area contributed by atoms with Crippen molar-refractivity contribution in [3.8, 4) is 0 Å². The van der Waals surface area contributed by atoms with Crippen molar-refractivity contribution in [1.82, 2.24) is 0 Å². The molecular formula is C65H108O6. The van der Waals surface area contributed by atoms with Gasteiger partial charge in [-0.2, -0.15) is 0 Å². The quantitative estimate of drug-likeness (QED) is 0.0261. The summed E-state index contributed by atoms with van der Waals surface area (Å²) in [5, 5.41) is 0. The molecule has 0 aliphatic carbocycles. The van der Waals surface area contributed by atoms with E-state index in [1.165, 1.54) is 116 Å². The lowest BCUT2D eigenvalue weighted by Gasteiger charge is -2.18. The van der Waals surface area contributed by atoms with Gasteiger partial charge in [-0.05, 0) is 103 Å². The first-order valence-corrected chi connectivity index (χ1v) is 29.4. The van der Waals surface area contributed by atoms with Gasteiger partial charge >= 0.3 is 17.9 Å². The number of allylic oxidation sites excluding steroid dienone is 18. The molecule has 0 aromatic rings. The van der Waals surface area contributed by atoms with E-state index in [1.807, 2.05) is 0 Å². The Labute approximate surface area is 438 Å². The second kappa shape index (κ2) is 58.6. The molecular weight excluding hydrogens is 877 g/mol. The third-order valence-electron chi connectivity index (χ3n) is 12.3. The maximum absolute atomic E-state index is 12.9. The summed E-state index contributed by atoms with van der Waals surface area (Å²) in [4.78, 5) is 38.2.